The zero-order chi connectivity index (χ0) is 12.5. The third kappa shape index (κ3) is 5.39. The van der Waals surface area contributed by atoms with Crippen molar-refractivity contribution in [2.75, 3.05) is 19.6 Å². The lowest BCUT2D eigenvalue weighted by atomic mass is 9.94. The molecular weight excluding hydrogens is 208 g/mol. The van der Waals surface area contributed by atoms with Gasteiger partial charge in [-0.1, -0.05) is 40.0 Å². The van der Waals surface area contributed by atoms with Crippen LogP contribution in [0.15, 0.2) is 0 Å². The lowest BCUT2D eigenvalue weighted by molar-refractivity contribution is 0.146. The van der Waals surface area contributed by atoms with Gasteiger partial charge in [-0.2, -0.15) is 0 Å². The van der Waals surface area contributed by atoms with Crippen LogP contribution in [-0.2, 0) is 0 Å². The second-order valence-electron chi connectivity index (χ2n) is 5.44. The molecule has 1 atom stereocenters. The molecule has 0 aromatic carbocycles. The zero-order valence-electron chi connectivity index (χ0n) is 12.2. The Morgan fingerprint density at radius 2 is 1.82 bits per heavy atom. The number of rotatable bonds is 8. The molecule has 1 unspecified atom stereocenters. The molecule has 0 heterocycles. The first-order valence-corrected chi connectivity index (χ1v) is 7.79. The van der Waals surface area contributed by atoms with Crippen molar-refractivity contribution in [1.82, 2.24) is 10.2 Å². The Labute approximate surface area is 108 Å². The quantitative estimate of drug-likeness (QED) is 0.699. The molecule has 0 radical (unpaired) electrons. The Hall–Kier alpha value is -0.0800. The normalized spacial score (nSPS) is 19.8. The maximum absolute atomic E-state index is 3.68. The summed E-state index contributed by atoms with van der Waals surface area (Å²) in [6, 6.07) is 1.56. The van der Waals surface area contributed by atoms with Gasteiger partial charge in [0.2, 0.25) is 0 Å². The summed E-state index contributed by atoms with van der Waals surface area (Å²) in [4.78, 5) is 2.72. The van der Waals surface area contributed by atoms with Crippen LogP contribution in [0.5, 0.6) is 0 Å². The van der Waals surface area contributed by atoms with Gasteiger partial charge >= 0.3 is 0 Å². The van der Waals surface area contributed by atoms with Crippen LogP contribution < -0.4 is 5.32 Å². The SMILES string of the molecule is CCCNC(CC)CN(CC)C1CCCCC1. The van der Waals surface area contributed by atoms with Crippen molar-refractivity contribution in [2.24, 2.45) is 0 Å². The summed E-state index contributed by atoms with van der Waals surface area (Å²) in [7, 11) is 0. The Morgan fingerprint density at radius 1 is 1.12 bits per heavy atom. The summed E-state index contributed by atoms with van der Waals surface area (Å²) in [5, 5.41) is 3.68. The fourth-order valence-corrected chi connectivity index (χ4v) is 2.95. The molecule has 1 saturated carbocycles. The Balaban J connectivity index is 2.36. The van der Waals surface area contributed by atoms with E-state index in [1.54, 1.807) is 0 Å². The third-order valence-corrected chi connectivity index (χ3v) is 4.13. The molecule has 0 aromatic rings. The van der Waals surface area contributed by atoms with E-state index in [0.29, 0.717) is 6.04 Å². The lowest BCUT2D eigenvalue weighted by Crippen LogP contribution is -2.46. The van der Waals surface area contributed by atoms with Crippen molar-refractivity contribution in [3.05, 3.63) is 0 Å². The van der Waals surface area contributed by atoms with Gasteiger partial charge in [-0.15, -0.1) is 0 Å². The minimum atomic E-state index is 0.692. The van der Waals surface area contributed by atoms with E-state index < -0.39 is 0 Å². The summed E-state index contributed by atoms with van der Waals surface area (Å²) in [6.45, 7) is 10.5. The van der Waals surface area contributed by atoms with E-state index in [4.69, 9.17) is 0 Å². The molecule has 17 heavy (non-hydrogen) atoms. The van der Waals surface area contributed by atoms with E-state index in [0.717, 1.165) is 6.04 Å². The molecule has 0 aliphatic heterocycles. The topological polar surface area (TPSA) is 15.3 Å². The van der Waals surface area contributed by atoms with Gasteiger partial charge in [0, 0.05) is 18.6 Å². The highest BCUT2D eigenvalue weighted by Gasteiger charge is 2.21. The predicted molar refractivity (Wildman–Crippen MR) is 76.5 cm³/mol. The van der Waals surface area contributed by atoms with Gasteiger partial charge in [0.25, 0.3) is 0 Å². The van der Waals surface area contributed by atoms with Crippen LogP contribution in [0, 0.1) is 0 Å². The Kier molecular flexibility index (Phi) is 7.87. The van der Waals surface area contributed by atoms with Crippen LogP contribution >= 0.6 is 0 Å². The van der Waals surface area contributed by atoms with E-state index in [2.05, 4.69) is 31.0 Å². The molecule has 0 spiro atoms. The standard InChI is InChI=1S/C15H32N2/c1-4-12-16-14(5-2)13-17(6-3)15-10-8-7-9-11-15/h14-16H,4-13H2,1-3H3. The average molecular weight is 240 g/mol. The van der Waals surface area contributed by atoms with Crippen molar-refractivity contribution >= 4 is 0 Å². The first-order valence-electron chi connectivity index (χ1n) is 7.79. The molecule has 1 N–H and O–H groups in total. The predicted octanol–water partition coefficient (Wildman–Crippen LogP) is 3.42. The maximum atomic E-state index is 3.68. The molecule has 102 valence electrons. The molecule has 2 heteroatoms. The zero-order valence-corrected chi connectivity index (χ0v) is 12.2. The van der Waals surface area contributed by atoms with Crippen molar-refractivity contribution in [2.45, 2.75) is 77.8 Å². The summed E-state index contributed by atoms with van der Waals surface area (Å²) in [5.74, 6) is 0. The Bertz CT molecular complexity index is 176. The van der Waals surface area contributed by atoms with E-state index in [1.165, 1.54) is 64.6 Å². The monoisotopic (exact) mass is 240 g/mol. The minimum Gasteiger partial charge on any atom is -0.313 e. The fourth-order valence-electron chi connectivity index (χ4n) is 2.95. The van der Waals surface area contributed by atoms with Gasteiger partial charge in [0.15, 0.2) is 0 Å². The second kappa shape index (κ2) is 8.93. The minimum absolute atomic E-state index is 0.692. The number of hydrogen-bond donors (Lipinski definition) is 1. The van der Waals surface area contributed by atoms with E-state index >= 15 is 0 Å². The first kappa shape index (κ1) is 15.0. The average Bonchev–Trinajstić information content (AvgIpc) is 2.40. The van der Waals surface area contributed by atoms with E-state index in [-0.39, 0.29) is 0 Å². The highest BCUT2D eigenvalue weighted by atomic mass is 15.2. The number of nitrogens with one attached hydrogen (secondary N) is 1. The molecule has 1 aliphatic rings. The number of nitrogens with zero attached hydrogens (tertiary/aromatic N) is 1. The van der Waals surface area contributed by atoms with Gasteiger partial charge in [-0.3, -0.25) is 4.90 Å². The number of likely N-dealkylation sites (N-methyl/N-ethyl adjacent to an activating group) is 1. The van der Waals surface area contributed by atoms with Crippen molar-refractivity contribution in [1.29, 1.82) is 0 Å². The van der Waals surface area contributed by atoms with Gasteiger partial charge in [0.05, 0.1) is 0 Å². The van der Waals surface area contributed by atoms with Crippen molar-refractivity contribution in [3.8, 4) is 0 Å². The largest absolute Gasteiger partial charge is 0.313 e. The Morgan fingerprint density at radius 3 is 2.35 bits per heavy atom. The van der Waals surface area contributed by atoms with Gasteiger partial charge in [0.1, 0.15) is 0 Å². The summed E-state index contributed by atoms with van der Waals surface area (Å²) >= 11 is 0. The molecule has 0 bridgehead atoms. The summed E-state index contributed by atoms with van der Waals surface area (Å²) < 4.78 is 0. The van der Waals surface area contributed by atoms with Crippen molar-refractivity contribution in [3.63, 3.8) is 0 Å². The van der Waals surface area contributed by atoms with Crippen LogP contribution in [0.25, 0.3) is 0 Å². The molecule has 1 fully saturated rings. The van der Waals surface area contributed by atoms with Crippen LogP contribution in [-0.4, -0.2) is 36.6 Å². The molecule has 0 saturated heterocycles. The third-order valence-electron chi connectivity index (χ3n) is 4.13. The van der Waals surface area contributed by atoms with Crippen LogP contribution in [0.1, 0.15) is 65.7 Å². The second-order valence-corrected chi connectivity index (χ2v) is 5.44. The maximum Gasteiger partial charge on any atom is 0.0192 e. The molecule has 1 aliphatic carbocycles. The molecule has 0 amide bonds. The van der Waals surface area contributed by atoms with Gasteiger partial charge < -0.3 is 5.32 Å². The molecule has 1 rings (SSSR count). The summed E-state index contributed by atoms with van der Waals surface area (Å²) in [6.07, 6.45) is 9.70. The lowest BCUT2D eigenvalue weighted by Gasteiger charge is -2.36. The van der Waals surface area contributed by atoms with Gasteiger partial charge in [-0.05, 0) is 38.8 Å². The van der Waals surface area contributed by atoms with Crippen molar-refractivity contribution < 1.29 is 0 Å². The van der Waals surface area contributed by atoms with Crippen LogP contribution in [0.3, 0.4) is 0 Å². The molecule has 0 aromatic heterocycles. The number of hydrogen-bond acceptors (Lipinski definition) is 2. The van der Waals surface area contributed by atoms with E-state index in [9.17, 15) is 0 Å². The summed E-state index contributed by atoms with van der Waals surface area (Å²) in [5.41, 5.74) is 0. The smallest absolute Gasteiger partial charge is 0.0192 e. The van der Waals surface area contributed by atoms with Gasteiger partial charge in [-0.25, -0.2) is 0 Å². The first-order chi connectivity index (χ1) is 8.31. The highest BCUT2D eigenvalue weighted by Crippen LogP contribution is 2.22. The molecular formula is C15H32N2. The van der Waals surface area contributed by atoms with Crippen LogP contribution in [0.2, 0.25) is 0 Å². The van der Waals surface area contributed by atoms with Crippen LogP contribution in [0.4, 0.5) is 0 Å². The molecule has 2 nitrogen and oxygen atoms in total. The van der Waals surface area contributed by atoms with E-state index in [1.807, 2.05) is 0 Å². The highest BCUT2D eigenvalue weighted by molar-refractivity contribution is 4.79. The fraction of sp³-hybridized carbons (Fsp3) is 1.00.